The first kappa shape index (κ1) is 13.7. The van der Waals surface area contributed by atoms with Crippen molar-refractivity contribution >= 4 is 5.78 Å². The van der Waals surface area contributed by atoms with Gasteiger partial charge in [-0.1, -0.05) is 12.8 Å². The third kappa shape index (κ3) is 3.56. The number of ketones is 1. The lowest BCUT2D eigenvalue weighted by Gasteiger charge is -2.36. The van der Waals surface area contributed by atoms with Gasteiger partial charge in [-0.15, -0.1) is 0 Å². The Hall–Kier alpha value is -0.410. The summed E-state index contributed by atoms with van der Waals surface area (Å²) in [5.74, 6) is 0.205. The zero-order valence-corrected chi connectivity index (χ0v) is 10.9. The van der Waals surface area contributed by atoms with E-state index in [1.807, 2.05) is 20.8 Å². The largest absolute Gasteiger partial charge is 0.374 e. The van der Waals surface area contributed by atoms with E-state index in [0.29, 0.717) is 6.61 Å². The molecule has 0 N–H and O–H groups in total. The van der Waals surface area contributed by atoms with Crippen molar-refractivity contribution in [2.24, 2.45) is 0 Å². The molecule has 3 heteroatoms. The minimum Gasteiger partial charge on any atom is -0.374 e. The number of rotatable bonds is 5. The Morgan fingerprint density at radius 1 is 1.19 bits per heavy atom. The Kier molecular flexibility index (Phi) is 5.42. The average Bonchev–Trinajstić information content (AvgIpc) is 2.54. The normalized spacial score (nSPS) is 19.4. The van der Waals surface area contributed by atoms with Gasteiger partial charge in [-0.25, -0.2) is 0 Å². The second-order valence-corrected chi connectivity index (χ2v) is 5.02. The van der Waals surface area contributed by atoms with Gasteiger partial charge in [-0.05, 0) is 46.7 Å². The summed E-state index contributed by atoms with van der Waals surface area (Å²) in [4.78, 5) is 14.4. The summed E-state index contributed by atoms with van der Waals surface area (Å²) in [7, 11) is 0. The fraction of sp³-hybridized carbons (Fsp3) is 0.923. The molecule has 0 bridgehead atoms. The fourth-order valence-corrected chi connectivity index (χ4v) is 2.18. The number of ether oxygens (including phenoxy) is 1. The van der Waals surface area contributed by atoms with Crippen LogP contribution in [0.2, 0.25) is 0 Å². The molecule has 0 unspecified atom stereocenters. The molecule has 0 spiro atoms. The molecule has 94 valence electrons. The van der Waals surface area contributed by atoms with Crippen molar-refractivity contribution in [1.82, 2.24) is 4.90 Å². The number of carbonyl (C=O) groups excluding carboxylic acids is 1. The molecule has 1 rings (SSSR count). The predicted octanol–water partition coefficient (Wildman–Crippen LogP) is 2.25. The lowest BCUT2D eigenvalue weighted by atomic mass is 9.96. The molecule has 16 heavy (non-hydrogen) atoms. The van der Waals surface area contributed by atoms with Crippen LogP contribution >= 0.6 is 0 Å². The van der Waals surface area contributed by atoms with Crippen LogP contribution in [0.4, 0.5) is 0 Å². The van der Waals surface area contributed by atoms with Crippen molar-refractivity contribution in [2.75, 3.05) is 26.3 Å². The highest BCUT2D eigenvalue weighted by atomic mass is 16.5. The summed E-state index contributed by atoms with van der Waals surface area (Å²) in [6, 6.07) is 0. The van der Waals surface area contributed by atoms with Crippen LogP contribution < -0.4 is 0 Å². The second-order valence-electron chi connectivity index (χ2n) is 5.02. The van der Waals surface area contributed by atoms with Crippen molar-refractivity contribution in [3.63, 3.8) is 0 Å². The van der Waals surface area contributed by atoms with Crippen molar-refractivity contribution in [1.29, 1.82) is 0 Å². The third-order valence-corrected chi connectivity index (χ3v) is 3.52. The Bertz CT molecular complexity index is 218. The van der Waals surface area contributed by atoms with E-state index in [1.165, 1.54) is 25.7 Å². The third-order valence-electron chi connectivity index (χ3n) is 3.52. The lowest BCUT2D eigenvalue weighted by Crippen LogP contribution is -2.51. The van der Waals surface area contributed by atoms with Crippen LogP contribution in [0.25, 0.3) is 0 Å². The van der Waals surface area contributed by atoms with E-state index in [1.54, 1.807) is 0 Å². The van der Waals surface area contributed by atoms with Crippen molar-refractivity contribution in [3.8, 4) is 0 Å². The maximum atomic E-state index is 12.1. The van der Waals surface area contributed by atoms with Crippen LogP contribution in [0.5, 0.6) is 0 Å². The van der Waals surface area contributed by atoms with Crippen LogP contribution in [0, 0.1) is 0 Å². The zero-order chi connectivity index (χ0) is 12.0. The van der Waals surface area contributed by atoms with E-state index in [9.17, 15) is 4.79 Å². The van der Waals surface area contributed by atoms with Gasteiger partial charge in [0.25, 0.3) is 0 Å². The molecule has 1 heterocycles. The van der Waals surface area contributed by atoms with E-state index >= 15 is 0 Å². The number of carbonyl (C=O) groups is 1. The summed E-state index contributed by atoms with van der Waals surface area (Å²) < 4.78 is 5.23. The molecule has 0 atom stereocenters. The summed E-state index contributed by atoms with van der Waals surface area (Å²) in [6.07, 6.45) is 5.02. The van der Waals surface area contributed by atoms with Crippen LogP contribution in [0.15, 0.2) is 0 Å². The van der Waals surface area contributed by atoms with Crippen LogP contribution in [-0.4, -0.2) is 42.5 Å². The topological polar surface area (TPSA) is 29.5 Å². The number of hydrogen-bond donors (Lipinski definition) is 0. The van der Waals surface area contributed by atoms with Crippen LogP contribution in [-0.2, 0) is 9.53 Å². The molecular formula is C13H25NO2. The molecular weight excluding hydrogens is 202 g/mol. The van der Waals surface area contributed by atoms with Gasteiger partial charge in [0.2, 0.25) is 0 Å². The van der Waals surface area contributed by atoms with E-state index in [0.717, 1.165) is 13.1 Å². The first-order valence-corrected chi connectivity index (χ1v) is 6.45. The quantitative estimate of drug-likeness (QED) is 0.721. The Morgan fingerprint density at radius 2 is 1.75 bits per heavy atom. The maximum absolute atomic E-state index is 12.1. The molecule has 3 nitrogen and oxygen atoms in total. The van der Waals surface area contributed by atoms with E-state index in [2.05, 4.69) is 4.90 Å². The van der Waals surface area contributed by atoms with E-state index < -0.39 is 0 Å². The minimum atomic E-state index is -0.362. The highest BCUT2D eigenvalue weighted by Crippen LogP contribution is 2.21. The molecule has 0 saturated carbocycles. The van der Waals surface area contributed by atoms with Gasteiger partial charge < -0.3 is 4.74 Å². The number of hydrogen-bond acceptors (Lipinski definition) is 3. The average molecular weight is 227 g/mol. The molecule has 1 aliphatic heterocycles. The first-order chi connectivity index (χ1) is 7.59. The van der Waals surface area contributed by atoms with Crippen molar-refractivity contribution in [3.05, 3.63) is 0 Å². The molecule has 0 aromatic rings. The fourth-order valence-electron chi connectivity index (χ4n) is 2.18. The number of Topliss-reactive ketones (excluding diaryl/α,β-unsaturated/α-hetero) is 1. The highest BCUT2D eigenvalue weighted by molar-refractivity contribution is 5.88. The summed E-state index contributed by atoms with van der Waals surface area (Å²) in [6.45, 7) is 8.93. The van der Waals surface area contributed by atoms with Crippen molar-refractivity contribution < 1.29 is 9.53 Å². The molecule has 1 fully saturated rings. The smallest absolute Gasteiger partial charge is 0.178 e. The zero-order valence-electron chi connectivity index (χ0n) is 10.9. The molecule has 0 amide bonds. The van der Waals surface area contributed by atoms with Gasteiger partial charge >= 0.3 is 0 Å². The molecule has 0 aromatic carbocycles. The second kappa shape index (κ2) is 6.36. The van der Waals surface area contributed by atoms with Gasteiger partial charge in [-0.2, -0.15) is 0 Å². The molecule has 0 aliphatic carbocycles. The molecule has 0 aromatic heterocycles. The number of likely N-dealkylation sites (tertiary alicyclic amines) is 1. The van der Waals surface area contributed by atoms with Gasteiger partial charge in [0.15, 0.2) is 5.78 Å². The van der Waals surface area contributed by atoms with Gasteiger partial charge in [0, 0.05) is 6.61 Å². The standard InChI is InChI=1S/C13H25NO2/c1-4-16-11-12(15)13(2,3)14-9-7-5-6-8-10-14/h4-11H2,1-3H3. The molecule has 0 radical (unpaired) electrons. The maximum Gasteiger partial charge on any atom is 0.178 e. The summed E-state index contributed by atoms with van der Waals surface area (Å²) in [5.41, 5.74) is -0.362. The lowest BCUT2D eigenvalue weighted by molar-refractivity contribution is -0.134. The highest BCUT2D eigenvalue weighted by Gasteiger charge is 2.34. The Balaban J connectivity index is 2.55. The van der Waals surface area contributed by atoms with E-state index in [4.69, 9.17) is 4.74 Å². The van der Waals surface area contributed by atoms with Gasteiger partial charge in [-0.3, -0.25) is 9.69 Å². The van der Waals surface area contributed by atoms with Gasteiger partial charge in [0.05, 0.1) is 5.54 Å². The van der Waals surface area contributed by atoms with Crippen LogP contribution in [0.1, 0.15) is 46.5 Å². The molecule has 1 aliphatic rings. The summed E-state index contributed by atoms with van der Waals surface area (Å²) >= 11 is 0. The first-order valence-electron chi connectivity index (χ1n) is 6.45. The predicted molar refractivity (Wildman–Crippen MR) is 65.6 cm³/mol. The monoisotopic (exact) mass is 227 g/mol. The summed E-state index contributed by atoms with van der Waals surface area (Å²) in [5, 5.41) is 0. The SMILES string of the molecule is CCOCC(=O)C(C)(C)N1CCCCCC1. The Labute approximate surface area is 99.1 Å². The molecule has 1 saturated heterocycles. The van der Waals surface area contributed by atoms with Gasteiger partial charge in [0.1, 0.15) is 6.61 Å². The number of nitrogens with zero attached hydrogens (tertiary/aromatic N) is 1. The van der Waals surface area contributed by atoms with Crippen LogP contribution in [0.3, 0.4) is 0 Å². The Morgan fingerprint density at radius 3 is 2.25 bits per heavy atom. The van der Waals surface area contributed by atoms with E-state index in [-0.39, 0.29) is 17.9 Å². The van der Waals surface area contributed by atoms with Crippen molar-refractivity contribution in [2.45, 2.75) is 52.0 Å². The minimum absolute atomic E-state index is 0.205.